The van der Waals surface area contributed by atoms with Crippen molar-refractivity contribution in [3.63, 3.8) is 0 Å². The Hall–Kier alpha value is -3.62. The summed E-state index contributed by atoms with van der Waals surface area (Å²) in [7, 11) is 4.01. The van der Waals surface area contributed by atoms with Gasteiger partial charge in [0.05, 0.1) is 16.8 Å². The second kappa shape index (κ2) is 10.3. The average molecular weight is 490 g/mol. The quantitative estimate of drug-likeness (QED) is 0.397. The third kappa shape index (κ3) is 5.55. The molecule has 1 atom stereocenters. The van der Waals surface area contributed by atoms with Crippen molar-refractivity contribution < 1.29 is 19.0 Å². The fourth-order valence-corrected chi connectivity index (χ4v) is 4.86. The smallest absolute Gasteiger partial charge is 0.258 e. The van der Waals surface area contributed by atoms with Gasteiger partial charge in [-0.25, -0.2) is 4.98 Å². The van der Waals surface area contributed by atoms with Crippen molar-refractivity contribution in [2.75, 3.05) is 33.9 Å². The summed E-state index contributed by atoms with van der Waals surface area (Å²) < 4.78 is 18.7. The van der Waals surface area contributed by atoms with E-state index in [0.717, 1.165) is 32.1 Å². The number of rotatable bonds is 8. The van der Waals surface area contributed by atoms with Crippen LogP contribution in [-0.4, -0.2) is 55.7 Å². The Morgan fingerprint density at radius 3 is 2.74 bits per heavy atom. The molecule has 0 spiro atoms. The van der Waals surface area contributed by atoms with E-state index in [4.69, 9.17) is 19.2 Å². The van der Waals surface area contributed by atoms with Gasteiger partial charge in [0, 0.05) is 17.7 Å². The molecule has 5 rings (SSSR count). The van der Waals surface area contributed by atoms with E-state index >= 15 is 0 Å². The van der Waals surface area contributed by atoms with Crippen molar-refractivity contribution >= 4 is 27.5 Å². The van der Waals surface area contributed by atoms with Gasteiger partial charge in [-0.1, -0.05) is 24.3 Å². The molecule has 0 saturated carbocycles. The summed E-state index contributed by atoms with van der Waals surface area (Å²) in [6, 6.07) is 21.6. The van der Waals surface area contributed by atoms with Crippen molar-refractivity contribution in [1.82, 2.24) is 15.2 Å². The summed E-state index contributed by atoms with van der Waals surface area (Å²) in [5, 5.41) is 3.84. The van der Waals surface area contributed by atoms with Gasteiger partial charge in [0.2, 0.25) is 0 Å². The van der Waals surface area contributed by atoms with Gasteiger partial charge < -0.3 is 24.4 Å². The SMILES string of the molecule is CN(C)Cc1cc(-c2nc3ccccc3s2)ccc1OCC(=O)NC[C@@H]1COc2ccccc2O1. The molecule has 4 aromatic rings. The summed E-state index contributed by atoms with van der Waals surface area (Å²) in [5.74, 6) is 1.89. The molecule has 0 fully saturated rings. The molecule has 8 heteroatoms. The second-order valence-electron chi connectivity index (χ2n) is 8.64. The molecule has 0 saturated heterocycles. The van der Waals surface area contributed by atoms with Crippen molar-refractivity contribution in [2.24, 2.45) is 0 Å². The van der Waals surface area contributed by atoms with Gasteiger partial charge in [-0.15, -0.1) is 11.3 Å². The average Bonchev–Trinajstić information content (AvgIpc) is 3.30. The molecule has 1 aliphatic heterocycles. The highest BCUT2D eigenvalue weighted by Gasteiger charge is 2.21. The van der Waals surface area contributed by atoms with E-state index in [0.29, 0.717) is 31.2 Å². The van der Waals surface area contributed by atoms with Crippen LogP contribution < -0.4 is 19.5 Å². The normalized spacial score (nSPS) is 14.8. The van der Waals surface area contributed by atoms with Gasteiger partial charge in [0.25, 0.3) is 5.91 Å². The highest BCUT2D eigenvalue weighted by atomic mass is 32.1. The standard InChI is InChI=1S/C27H27N3O4S/c1-30(2)15-19-13-18(27-29-21-7-3-6-10-25(21)35-27)11-12-22(19)33-17-26(31)28-14-20-16-32-23-8-4-5-9-24(23)34-20/h3-13,20H,14-17H2,1-2H3,(H,28,31)/t20-/m1/s1. The van der Waals surface area contributed by atoms with Crippen LogP contribution in [0.3, 0.4) is 0 Å². The highest BCUT2D eigenvalue weighted by molar-refractivity contribution is 7.21. The number of fused-ring (bicyclic) bond motifs is 2. The van der Waals surface area contributed by atoms with Gasteiger partial charge in [0.15, 0.2) is 18.1 Å². The molecule has 0 aliphatic carbocycles. The number of hydrogen-bond acceptors (Lipinski definition) is 7. The number of nitrogens with zero attached hydrogens (tertiary/aromatic N) is 2. The molecule has 35 heavy (non-hydrogen) atoms. The molecule has 0 bridgehead atoms. The van der Waals surface area contributed by atoms with Crippen LogP contribution in [0.15, 0.2) is 66.7 Å². The van der Waals surface area contributed by atoms with Crippen LogP contribution in [0.25, 0.3) is 20.8 Å². The number of carbonyl (C=O) groups excluding carboxylic acids is 1. The van der Waals surface area contributed by atoms with E-state index < -0.39 is 0 Å². The number of carbonyl (C=O) groups is 1. The number of nitrogens with one attached hydrogen (secondary N) is 1. The predicted molar refractivity (Wildman–Crippen MR) is 137 cm³/mol. The summed E-state index contributed by atoms with van der Waals surface area (Å²) in [6.07, 6.45) is -0.244. The highest BCUT2D eigenvalue weighted by Crippen LogP contribution is 2.33. The molecule has 0 unspecified atom stereocenters. The molecule has 180 valence electrons. The zero-order valence-electron chi connectivity index (χ0n) is 19.7. The van der Waals surface area contributed by atoms with E-state index in [2.05, 4.69) is 22.3 Å². The van der Waals surface area contributed by atoms with Gasteiger partial charge >= 0.3 is 0 Å². The lowest BCUT2D eigenvalue weighted by Crippen LogP contribution is -2.42. The lowest BCUT2D eigenvalue weighted by Gasteiger charge is -2.26. The maximum atomic E-state index is 12.5. The Balaban J connectivity index is 1.21. The maximum absolute atomic E-state index is 12.5. The number of aromatic nitrogens is 1. The van der Waals surface area contributed by atoms with Crippen LogP contribution in [0, 0.1) is 0 Å². The van der Waals surface area contributed by atoms with Crippen molar-refractivity contribution in [2.45, 2.75) is 12.6 Å². The Bertz CT molecular complexity index is 1300. The first kappa shape index (κ1) is 23.1. The zero-order chi connectivity index (χ0) is 24.2. The fourth-order valence-electron chi connectivity index (χ4n) is 3.90. The van der Waals surface area contributed by atoms with E-state index in [1.807, 2.05) is 68.7 Å². The minimum Gasteiger partial charge on any atom is -0.486 e. The van der Waals surface area contributed by atoms with Crippen LogP contribution in [0.4, 0.5) is 0 Å². The number of benzene rings is 3. The van der Waals surface area contributed by atoms with E-state index in [1.54, 1.807) is 11.3 Å². The number of hydrogen-bond donors (Lipinski definition) is 1. The minimum absolute atomic E-state index is 0.0783. The van der Waals surface area contributed by atoms with Crippen LogP contribution in [0.1, 0.15) is 5.56 Å². The molecule has 0 radical (unpaired) electrons. The van der Waals surface area contributed by atoms with Gasteiger partial charge in [-0.2, -0.15) is 0 Å². The Kier molecular flexibility index (Phi) is 6.83. The minimum atomic E-state index is -0.244. The molecule has 1 N–H and O–H groups in total. The van der Waals surface area contributed by atoms with Crippen molar-refractivity contribution in [1.29, 1.82) is 0 Å². The van der Waals surface area contributed by atoms with Crippen LogP contribution in [0.5, 0.6) is 17.2 Å². The fraction of sp³-hybridized carbons (Fsp3) is 0.259. The number of amides is 1. The van der Waals surface area contributed by atoms with Crippen LogP contribution in [0.2, 0.25) is 0 Å². The molecule has 1 aliphatic rings. The van der Waals surface area contributed by atoms with Crippen molar-refractivity contribution in [3.05, 3.63) is 72.3 Å². The van der Waals surface area contributed by atoms with E-state index in [-0.39, 0.29) is 18.6 Å². The number of ether oxygens (including phenoxy) is 3. The molecule has 1 aromatic heterocycles. The maximum Gasteiger partial charge on any atom is 0.258 e. The van der Waals surface area contributed by atoms with Crippen molar-refractivity contribution in [3.8, 4) is 27.8 Å². The second-order valence-corrected chi connectivity index (χ2v) is 9.67. The Morgan fingerprint density at radius 1 is 1.11 bits per heavy atom. The molecular weight excluding hydrogens is 462 g/mol. The lowest BCUT2D eigenvalue weighted by atomic mass is 10.1. The first-order valence-corrected chi connectivity index (χ1v) is 12.3. The zero-order valence-corrected chi connectivity index (χ0v) is 20.5. The van der Waals surface area contributed by atoms with Gasteiger partial charge in [-0.05, 0) is 56.6 Å². The monoisotopic (exact) mass is 489 g/mol. The third-order valence-electron chi connectivity index (χ3n) is 5.54. The molecule has 2 heterocycles. The van der Waals surface area contributed by atoms with Gasteiger partial charge in [0.1, 0.15) is 23.5 Å². The first-order chi connectivity index (χ1) is 17.0. The number of thiazole rings is 1. The summed E-state index contributed by atoms with van der Waals surface area (Å²) in [4.78, 5) is 19.3. The molecule has 1 amide bonds. The lowest BCUT2D eigenvalue weighted by molar-refractivity contribution is -0.123. The Morgan fingerprint density at radius 2 is 1.91 bits per heavy atom. The Labute approximate surface area is 208 Å². The van der Waals surface area contributed by atoms with Crippen LogP contribution >= 0.6 is 11.3 Å². The summed E-state index contributed by atoms with van der Waals surface area (Å²) in [5.41, 5.74) is 3.03. The van der Waals surface area contributed by atoms with Gasteiger partial charge in [-0.3, -0.25) is 4.79 Å². The third-order valence-corrected chi connectivity index (χ3v) is 6.63. The molecular formula is C27H27N3O4S. The van der Waals surface area contributed by atoms with E-state index in [9.17, 15) is 4.79 Å². The summed E-state index contributed by atoms with van der Waals surface area (Å²) in [6.45, 7) is 1.34. The first-order valence-electron chi connectivity index (χ1n) is 11.5. The number of para-hydroxylation sites is 3. The molecule has 7 nitrogen and oxygen atoms in total. The predicted octanol–water partition coefficient (Wildman–Crippen LogP) is 4.36. The topological polar surface area (TPSA) is 72.9 Å². The molecule has 3 aromatic carbocycles. The summed E-state index contributed by atoms with van der Waals surface area (Å²) >= 11 is 1.67. The largest absolute Gasteiger partial charge is 0.486 e. The van der Waals surface area contributed by atoms with Crippen LogP contribution in [-0.2, 0) is 11.3 Å². The van der Waals surface area contributed by atoms with E-state index in [1.165, 1.54) is 0 Å².